The van der Waals surface area contributed by atoms with E-state index in [-0.39, 0.29) is 12.1 Å². The Balaban J connectivity index is 2.35. The molecule has 0 amide bonds. The van der Waals surface area contributed by atoms with Crippen LogP contribution in [0.3, 0.4) is 0 Å². The molecule has 1 fully saturated rings. The smallest absolute Gasteiger partial charge is 0.333 e. The summed E-state index contributed by atoms with van der Waals surface area (Å²) in [7, 11) is 3.15. The summed E-state index contributed by atoms with van der Waals surface area (Å²) < 4.78 is 15.8. The third kappa shape index (κ3) is 4.78. The minimum atomic E-state index is -0.264. The van der Waals surface area contributed by atoms with Crippen LogP contribution in [-0.4, -0.2) is 39.0 Å². The molecule has 1 rings (SSSR count). The van der Waals surface area contributed by atoms with E-state index in [1.807, 2.05) is 13.0 Å². The van der Waals surface area contributed by atoms with Gasteiger partial charge in [0.2, 0.25) is 0 Å². The molecule has 0 radical (unpaired) electrons. The number of rotatable bonds is 6. The quantitative estimate of drug-likeness (QED) is 0.541. The molecule has 18 heavy (non-hydrogen) atoms. The Bertz CT molecular complexity index is 286. The van der Waals surface area contributed by atoms with Gasteiger partial charge in [0.15, 0.2) is 0 Å². The fourth-order valence-corrected chi connectivity index (χ4v) is 2.26. The minimum Gasteiger partial charge on any atom is -0.466 e. The summed E-state index contributed by atoms with van der Waals surface area (Å²) in [6.07, 6.45) is 7.34. The summed E-state index contributed by atoms with van der Waals surface area (Å²) >= 11 is 0. The Kier molecular flexibility index (Phi) is 6.98. The van der Waals surface area contributed by atoms with Crippen molar-refractivity contribution in [1.82, 2.24) is 0 Å². The maximum Gasteiger partial charge on any atom is 0.333 e. The molecular weight excluding hydrogens is 232 g/mol. The highest BCUT2D eigenvalue weighted by Crippen LogP contribution is 2.23. The molecule has 4 heteroatoms. The topological polar surface area (TPSA) is 44.8 Å². The van der Waals surface area contributed by atoms with Gasteiger partial charge in [-0.1, -0.05) is 6.92 Å². The lowest BCUT2D eigenvalue weighted by Crippen LogP contribution is -2.27. The van der Waals surface area contributed by atoms with Crippen LogP contribution in [0.4, 0.5) is 0 Å². The lowest BCUT2D eigenvalue weighted by molar-refractivity contribution is -0.136. The molecular formula is C14H24O4. The van der Waals surface area contributed by atoms with Crippen molar-refractivity contribution in [3.63, 3.8) is 0 Å². The third-order valence-corrected chi connectivity index (χ3v) is 3.40. The lowest BCUT2D eigenvalue weighted by atomic mass is 9.95. The van der Waals surface area contributed by atoms with E-state index in [9.17, 15) is 4.79 Å². The highest BCUT2D eigenvalue weighted by atomic mass is 16.5. The molecule has 0 spiro atoms. The maximum absolute atomic E-state index is 11.4. The Hall–Kier alpha value is -0.870. The van der Waals surface area contributed by atoms with Gasteiger partial charge in [0.05, 0.1) is 25.9 Å². The molecule has 2 unspecified atom stereocenters. The van der Waals surface area contributed by atoms with Crippen LogP contribution >= 0.6 is 0 Å². The van der Waals surface area contributed by atoms with E-state index in [1.165, 1.54) is 7.11 Å². The summed E-state index contributed by atoms with van der Waals surface area (Å²) in [6.45, 7) is 2.41. The van der Waals surface area contributed by atoms with Crippen LogP contribution in [0, 0.1) is 0 Å². The predicted octanol–water partition coefficient (Wildman–Crippen LogP) is 2.47. The fourth-order valence-electron chi connectivity index (χ4n) is 2.26. The molecule has 0 bridgehead atoms. The van der Waals surface area contributed by atoms with Crippen molar-refractivity contribution in [2.45, 2.75) is 51.2 Å². The van der Waals surface area contributed by atoms with Gasteiger partial charge in [0.1, 0.15) is 0 Å². The highest BCUT2D eigenvalue weighted by molar-refractivity contribution is 5.88. The van der Waals surface area contributed by atoms with Crippen LogP contribution in [0.2, 0.25) is 0 Å². The zero-order valence-electron chi connectivity index (χ0n) is 11.6. The molecule has 1 saturated carbocycles. The number of hydrogen-bond donors (Lipinski definition) is 0. The van der Waals surface area contributed by atoms with Crippen LogP contribution in [0.15, 0.2) is 11.6 Å². The highest BCUT2D eigenvalue weighted by Gasteiger charge is 2.21. The van der Waals surface area contributed by atoms with Crippen molar-refractivity contribution in [3.8, 4) is 0 Å². The largest absolute Gasteiger partial charge is 0.466 e. The zero-order chi connectivity index (χ0) is 13.4. The molecule has 1 aliphatic rings. The van der Waals surface area contributed by atoms with Crippen LogP contribution < -0.4 is 0 Å². The Morgan fingerprint density at radius 1 is 1.28 bits per heavy atom. The number of methoxy groups -OCH3 is 2. The summed E-state index contributed by atoms with van der Waals surface area (Å²) in [5.74, 6) is -0.264. The van der Waals surface area contributed by atoms with Gasteiger partial charge >= 0.3 is 5.97 Å². The van der Waals surface area contributed by atoms with Crippen LogP contribution in [-0.2, 0) is 19.0 Å². The Labute approximate surface area is 109 Å². The molecule has 0 aromatic carbocycles. The van der Waals surface area contributed by atoms with E-state index >= 15 is 0 Å². The molecule has 0 saturated heterocycles. The molecule has 0 aliphatic heterocycles. The summed E-state index contributed by atoms with van der Waals surface area (Å²) in [5.41, 5.74) is 0.677. The predicted molar refractivity (Wildman–Crippen MR) is 69.4 cm³/mol. The molecule has 0 aromatic heterocycles. The second-order valence-corrected chi connectivity index (χ2v) is 4.55. The van der Waals surface area contributed by atoms with Crippen molar-refractivity contribution < 1.29 is 19.0 Å². The van der Waals surface area contributed by atoms with E-state index in [0.717, 1.165) is 25.7 Å². The van der Waals surface area contributed by atoms with Gasteiger partial charge in [-0.15, -0.1) is 0 Å². The van der Waals surface area contributed by atoms with Gasteiger partial charge < -0.3 is 14.2 Å². The summed E-state index contributed by atoms with van der Waals surface area (Å²) in [6, 6.07) is 0. The standard InChI is InChI=1S/C14H24O4/c1-4-11(14(15)17-3)8-9-18-13-7-5-6-12(10-13)16-2/h8,12-13H,4-7,9-10H2,1-3H3. The summed E-state index contributed by atoms with van der Waals surface area (Å²) in [5, 5.41) is 0. The van der Waals surface area contributed by atoms with Gasteiger partial charge in [-0.2, -0.15) is 0 Å². The number of carbonyl (C=O) groups is 1. The number of ether oxygens (including phenoxy) is 3. The molecule has 0 N–H and O–H groups in total. The maximum atomic E-state index is 11.4. The second kappa shape index (κ2) is 8.27. The fraction of sp³-hybridized carbons (Fsp3) is 0.786. The van der Waals surface area contributed by atoms with Crippen LogP contribution in [0.25, 0.3) is 0 Å². The number of esters is 1. The van der Waals surface area contributed by atoms with E-state index in [1.54, 1.807) is 7.11 Å². The molecule has 0 aromatic rings. The van der Waals surface area contributed by atoms with Crippen molar-refractivity contribution >= 4 is 5.97 Å². The lowest BCUT2D eigenvalue weighted by Gasteiger charge is -2.27. The average molecular weight is 256 g/mol. The first kappa shape index (κ1) is 15.2. The van der Waals surface area contributed by atoms with Crippen molar-refractivity contribution in [3.05, 3.63) is 11.6 Å². The summed E-state index contributed by atoms with van der Waals surface area (Å²) in [4.78, 5) is 11.4. The molecule has 1 aliphatic carbocycles. The van der Waals surface area contributed by atoms with Gasteiger partial charge in [-0.05, 0) is 38.2 Å². The van der Waals surface area contributed by atoms with E-state index in [0.29, 0.717) is 24.7 Å². The normalized spacial score (nSPS) is 24.9. The van der Waals surface area contributed by atoms with Crippen LogP contribution in [0.1, 0.15) is 39.0 Å². The molecule has 4 nitrogen and oxygen atoms in total. The molecule has 104 valence electrons. The monoisotopic (exact) mass is 256 g/mol. The van der Waals surface area contributed by atoms with Crippen molar-refractivity contribution in [1.29, 1.82) is 0 Å². The van der Waals surface area contributed by atoms with Crippen molar-refractivity contribution in [2.75, 3.05) is 20.8 Å². The first-order valence-corrected chi connectivity index (χ1v) is 6.63. The zero-order valence-corrected chi connectivity index (χ0v) is 11.6. The molecule has 0 heterocycles. The molecule has 2 atom stereocenters. The van der Waals surface area contributed by atoms with Gasteiger partial charge in [0, 0.05) is 12.7 Å². The minimum absolute atomic E-state index is 0.246. The van der Waals surface area contributed by atoms with Crippen molar-refractivity contribution in [2.24, 2.45) is 0 Å². The van der Waals surface area contributed by atoms with E-state index < -0.39 is 0 Å². The van der Waals surface area contributed by atoms with Gasteiger partial charge in [-0.25, -0.2) is 4.79 Å². The first-order valence-electron chi connectivity index (χ1n) is 6.63. The third-order valence-electron chi connectivity index (χ3n) is 3.40. The Morgan fingerprint density at radius 3 is 2.61 bits per heavy atom. The number of hydrogen-bond acceptors (Lipinski definition) is 4. The van der Waals surface area contributed by atoms with E-state index in [2.05, 4.69) is 0 Å². The van der Waals surface area contributed by atoms with E-state index in [4.69, 9.17) is 14.2 Å². The van der Waals surface area contributed by atoms with Crippen LogP contribution in [0.5, 0.6) is 0 Å². The number of carbonyl (C=O) groups excluding carboxylic acids is 1. The van der Waals surface area contributed by atoms with Gasteiger partial charge in [-0.3, -0.25) is 0 Å². The second-order valence-electron chi connectivity index (χ2n) is 4.55. The Morgan fingerprint density at radius 2 is 2.00 bits per heavy atom. The SMILES string of the molecule is CCC(=CCOC1CCCC(OC)C1)C(=O)OC. The average Bonchev–Trinajstić information content (AvgIpc) is 2.43. The van der Waals surface area contributed by atoms with Gasteiger partial charge in [0.25, 0.3) is 0 Å². The first-order chi connectivity index (χ1) is 8.71.